The monoisotopic (exact) mass is 413 g/mol. The van der Waals surface area contributed by atoms with Gasteiger partial charge in [-0.3, -0.25) is 4.79 Å². The molecule has 0 aliphatic rings. The van der Waals surface area contributed by atoms with Gasteiger partial charge in [-0.25, -0.2) is 15.0 Å². The van der Waals surface area contributed by atoms with Crippen molar-refractivity contribution in [2.45, 2.75) is 18.6 Å². The maximum atomic E-state index is 12.1. The number of hydrogen-bond acceptors (Lipinski definition) is 8. The molecular formula is C19H15N3O2S3. The lowest BCUT2D eigenvalue weighted by molar-refractivity contribution is -0.141. The highest BCUT2D eigenvalue weighted by Crippen LogP contribution is 2.28. The van der Waals surface area contributed by atoms with Crippen LogP contribution in [0.1, 0.15) is 11.3 Å². The van der Waals surface area contributed by atoms with E-state index in [0.29, 0.717) is 0 Å². The van der Waals surface area contributed by atoms with Gasteiger partial charge in [0, 0.05) is 16.3 Å². The van der Waals surface area contributed by atoms with Gasteiger partial charge in [0.25, 0.3) is 0 Å². The summed E-state index contributed by atoms with van der Waals surface area (Å²) in [7, 11) is 0. The zero-order valence-corrected chi connectivity index (χ0v) is 16.9. The van der Waals surface area contributed by atoms with Crippen molar-refractivity contribution >= 4 is 50.6 Å². The quantitative estimate of drug-likeness (QED) is 0.253. The van der Waals surface area contributed by atoms with Crippen LogP contribution in [-0.2, 0) is 16.1 Å². The molecule has 0 radical (unpaired) electrons. The van der Waals surface area contributed by atoms with Gasteiger partial charge >= 0.3 is 5.97 Å². The van der Waals surface area contributed by atoms with Crippen LogP contribution in [0.15, 0.2) is 52.4 Å². The molecule has 8 heteroatoms. The molecule has 0 spiro atoms. The molecule has 0 fully saturated rings. The fraction of sp³-hybridized carbons (Fsp3) is 0.158. The largest absolute Gasteiger partial charge is 0.459 e. The SMILES string of the molecule is Cc1ccc(-c2nc(COC(=O)CSc3ncnc4sccc34)cs2)cc1. The summed E-state index contributed by atoms with van der Waals surface area (Å²) in [6.07, 6.45) is 1.52. The Bertz CT molecular complexity index is 1070. The smallest absolute Gasteiger partial charge is 0.316 e. The number of benzene rings is 1. The van der Waals surface area contributed by atoms with Gasteiger partial charge in [-0.05, 0) is 18.4 Å². The number of rotatable bonds is 6. The topological polar surface area (TPSA) is 65.0 Å². The predicted molar refractivity (Wildman–Crippen MR) is 110 cm³/mol. The predicted octanol–water partition coefficient (Wildman–Crippen LogP) is 4.96. The van der Waals surface area contributed by atoms with E-state index in [1.54, 1.807) is 22.7 Å². The summed E-state index contributed by atoms with van der Waals surface area (Å²) in [5, 5.41) is 6.59. The maximum absolute atomic E-state index is 12.1. The van der Waals surface area contributed by atoms with Crippen LogP contribution in [0.25, 0.3) is 20.8 Å². The van der Waals surface area contributed by atoms with Crippen molar-refractivity contribution in [1.82, 2.24) is 15.0 Å². The number of esters is 1. The molecule has 1 aromatic carbocycles. The van der Waals surface area contributed by atoms with Gasteiger partial charge in [0.05, 0.1) is 11.4 Å². The highest BCUT2D eigenvalue weighted by molar-refractivity contribution is 8.00. The Labute approximate surface area is 168 Å². The van der Waals surface area contributed by atoms with Crippen molar-refractivity contribution in [3.05, 3.63) is 58.7 Å². The number of thiophene rings is 1. The lowest BCUT2D eigenvalue weighted by Crippen LogP contribution is -2.07. The molecule has 3 aromatic heterocycles. The van der Waals surface area contributed by atoms with Crippen molar-refractivity contribution in [2.24, 2.45) is 0 Å². The fourth-order valence-corrected chi connectivity index (χ4v) is 4.80. The Morgan fingerprint density at radius 2 is 2.00 bits per heavy atom. The molecule has 0 bridgehead atoms. The second kappa shape index (κ2) is 8.16. The van der Waals surface area contributed by atoms with E-state index in [4.69, 9.17) is 4.74 Å². The first-order valence-corrected chi connectivity index (χ1v) is 10.9. The van der Waals surface area contributed by atoms with E-state index in [1.165, 1.54) is 23.7 Å². The molecule has 27 heavy (non-hydrogen) atoms. The number of nitrogens with zero attached hydrogens (tertiary/aromatic N) is 3. The van der Waals surface area contributed by atoms with E-state index < -0.39 is 0 Å². The molecule has 0 aliphatic heterocycles. The van der Waals surface area contributed by atoms with Crippen LogP contribution in [0.2, 0.25) is 0 Å². The highest BCUT2D eigenvalue weighted by atomic mass is 32.2. The van der Waals surface area contributed by atoms with E-state index in [0.717, 1.165) is 31.5 Å². The minimum absolute atomic E-state index is 0.180. The van der Waals surface area contributed by atoms with Gasteiger partial charge in [-0.1, -0.05) is 41.6 Å². The third-order valence-corrected chi connectivity index (χ3v) is 6.52. The average Bonchev–Trinajstić information content (AvgIpc) is 3.35. The molecule has 3 heterocycles. The molecule has 0 saturated heterocycles. The van der Waals surface area contributed by atoms with Crippen LogP contribution >= 0.6 is 34.4 Å². The molecule has 5 nitrogen and oxygen atoms in total. The molecule has 0 aliphatic carbocycles. The lowest BCUT2D eigenvalue weighted by atomic mass is 10.2. The van der Waals surface area contributed by atoms with Gasteiger partial charge in [-0.2, -0.15) is 0 Å². The van der Waals surface area contributed by atoms with Gasteiger partial charge < -0.3 is 4.74 Å². The van der Waals surface area contributed by atoms with E-state index in [2.05, 4.69) is 34.0 Å². The summed E-state index contributed by atoms with van der Waals surface area (Å²) < 4.78 is 5.36. The van der Waals surface area contributed by atoms with Crippen LogP contribution in [-0.4, -0.2) is 26.7 Å². The summed E-state index contributed by atoms with van der Waals surface area (Å²) in [5.41, 5.74) is 3.05. The number of hydrogen-bond donors (Lipinski definition) is 0. The van der Waals surface area contributed by atoms with Crippen LogP contribution in [0.3, 0.4) is 0 Å². The van der Waals surface area contributed by atoms with Gasteiger partial charge in [0.15, 0.2) is 0 Å². The minimum Gasteiger partial charge on any atom is -0.459 e. The summed E-state index contributed by atoms with van der Waals surface area (Å²) in [6, 6.07) is 10.2. The number of carbonyl (C=O) groups is 1. The number of fused-ring (bicyclic) bond motifs is 1. The Hall–Kier alpha value is -2.29. The summed E-state index contributed by atoms with van der Waals surface area (Å²) in [5.74, 6) is -0.0800. The standard InChI is InChI=1S/C19H15N3O2S3/c1-12-2-4-13(5-3-12)17-22-14(9-26-17)8-24-16(23)10-27-19-15-6-7-25-18(15)20-11-21-19/h2-7,9,11H,8,10H2,1H3. The summed E-state index contributed by atoms with van der Waals surface area (Å²) in [4.78, 5) is 26.0. The van der Waals surface area contributed by atoms with Gasteiger partial charge in [0.2, 0.25) is 0 Å². The van der Waals surface area contributed by atoms with Crippen LogP contribution in [0.4, 0.5) is 0 Å². The Balaban J connectivity index is 1.32. The normalized spacial score (nSPS) is 11.0. The van der Waals surface area contributed by atoms with Crippen LogP contribution < -0.4 is 0 Å². The minimum atomic E-state index is -0.285. The fourth-order valence-electron chi connectivity index (χ4n) is 2.41. The first-order chi connectivity index (χ1) is 13.2. The molecule has 4 aromatic rings. The summed E-state index contributed by atoms with van der Waals surface area (Å²) >= 11 is 4.47. The van der Waals surface area contributed by atoms with E-state index in [-0.39, 0.29) is 18.3 Å². The third-order valence-electron chi connectivity index (χ3n) is 3.78. The number of thioether (sulfide) groups is 1. The van der Waals surface area contributed by atoms with Crippen molar-refractivity contribution in [3.8, 4) is 10.6 Å². The number of aromatic nitrogens is 3. The Morgan fingerprint density at radius 3 is 2.85 bits per heavy atom. The molecule has 0 saturated carbocycles. The van der Waals surface area contributed by atoms with Crippen molar-refractivity contribution in [1.29, 1.82) is 0 Å². The zero-order chi connectivity index (χ0) is 18.6. The van der Waals surface area contributed by atoms with Gasteiger partial charge in [-0.15, -0.1) is 22.7 Å². The van der Waals surface area contributed by atoms with Crippen molar-refractivity contribution < 1.29 is 9.53 Å². The average molecular weight is 414 g/mol. The number of ether oxygens (including phenoxy) is 1. The lowest BCUT2D eigenvalue weighted by Gasteiger charge is -2.03. The second-order valence-corrected chi connectivity index (χ2v) is 8.49. The van der Waals surface area contributed by atoms with E-state index >= 15 is 0 Å². The first-order valence-electron chi connectivity index (χ1n) is 8.17. The van der Waals surface area contributed by atoms with Crippen molar-refractivity contribution in [3.63, 3.8) is 0 Å². The molecule has 4 rings (SSSR count). The highest BCUT2D eigenvalue weighted by Gasteiger charge is 2.11. The van der Waals surface area contributed by atoms with Gasteiger partial charge in [0.1, 0.15) is 27.8 Å². The Morgan fingerprint density at radius 1 is 1.15 bits per heavy atom. The molecule has 0 N–H and O–H groups in total. The molecule has 136 valence electrons. The first kappa shape index (κ1) is 18.1. The van der Waals surface area contributed by atoms with Crippen molar-refractivity contribution in [2.75, 3.05) is 5.75 Å². The molecule has 0 unspecified atom stereocenters. The van der Waals surface area contributed by atoms with E-state index in [1.807, 2.05) is 29.0 Å². The van der Waals surface area contributed by atoms with Crippen LogP contribution in [0, 0.1) is 6.92 Å². The maximum Gasteiger partial charge on any atom is 0.316 e. The zero-order valence-electron chi connectivity index (χ0n) is 14.4. The van der Waals surface area contributed by atoms with Crippen LogP contribution in [0.5, 0.6) is 0 Å². The summed E-state index contributed by atoms with van der Waals surface area (Å²) in [6.45, 7) is 2.23. The molecular weight excluding hydrogens is 398 g/mol. The number of carbonyl (C=O) groups excluding carboxylic acids is 1. The Kier molecular flexibility index (Phi) is 5.47. The second-order valence-electron chi connectivity index (χ2n) is 5.78. The number of aryl methyl sites for hydroxylation is 1. The number of thiazole rings is 1. The third kappa shape index (κ3) is 4.35. The van der Waals surface area contributed by atoms with E-state index in [9.17, 15) is 4.79 Å². The molecule has 0 atom stereocenters. The molecule has 0 amide bonds.